The van der Waals surface area contributed by atoms with Gasteiger partial charge in [0.1, 0.15) is 17.3 Å². The molecule has 1 atom stereocenters. The quantitative estimate of drug-likeness (QED) is 0.438. The second-order valence-corrected chi connectivity index (χ2v) is 11.3. The molecule has 1 aromatic heterocycles. The van der Waals surface area contributed by atoms with Gasteiger partial charge in [-0.2, -0.15) is 0 Å². The molecule has 2 heterocycles. The van der Waals surface area contributed by atoms with Crippen LogP contribution >= 0.6 is 0 Å². The zero-order valence-electron chi connectivity index (χ0n) is 20.0. The van der Waals surface area contributed by atoms with Crippen molar-refractivity contribution in [1.29, 1.82) is 0 Å². The van der Waals surface area contributed by atoms with Crippen LogP contribution in [0.15, 0.2) is 47.0 Å². The number of ether oxygens (including phenoxy) is 1. The van der Waals surface area contributed by atoms with E-state index in [1.165, 1.54) is 12.1 Å². The molecule has 35 heavy (non-hydrogen) atoms. The molecule has 2 aromatic carbocycles. The van der Waals surface area contributed by atoms with E-state index < -0.39 is 21.4 Å². The topological polar surface area (TPSA) is 88.5 Å². The molecule has 4 rings (SSSR count). The lowest BCUT2D eigenvalue weighted by atomic mass is 10.1. The Balaban J connectivity index is 0.00000241. The highest BCUT2D eigenvalue weighted by molar-refractivity contribution is 7.92. The van der Waals surface area contributed by atoms with E-state index in [1.807, 2.05) is 26.0 Å². The molecule has 1 aliphatic rings. The first-order valence-corrected chi connectivity index (χ1v) is 13.6. The van der Waals surface area contributed by atoms with Gasteiger partial charge in [-0.15, -0.1) is 0 Å². The molecule has 0 saturated heterocycles. The van der Waals surface area contributed by atoms with E-state index in [1.54, 1.807) is 18.4 Å². The van der Waals surface area contributed by atoms with Gasteiger partial charge in [0.2, 0.25) is 5.95 Å². The van der Waals surface area contributed by atoms with E-state index in [4.69, 9.17) is 4.74 Å². The third-order valence-electron chi connectivity index (χ3n) is 5.23. The van der Waals surface area contributed by atoms with E-state index in [-0.39, 0.29) is 32.0 Å². The molecule has 0 amide bonds. The van der Waals surface area contributed by atoms with Crippen LogP contribution in [0.1, 0.15) is 35.1 Å². The fraction of sp³-hybridized carbons (Fsp3) is 0.360. The van der Waals surface area contributed by atoms with Crippen molar-refractivity contribution in [2.45, 2.75) is 38.5 Å². The summed E-state index contributed by atoms with van der Waals surface area (Å²) < 4.78 is 52.2. The third kappa shape index (κ3) is 6.66. The number of hydrogen-bond acceptors (Lipinski definition) is 7. The molecular weight excluding hydrogens is 472 g/mol. The maximum Gasteiger partial charge on any atom is 0.227 e. The van der Waals surface area contributed by atoms with Crippen molar-refractivity contribution < 1.29 is 20.6 Å². The van der Waals surface area contributed by atoms with Gasteiger partial charge in [0.15, 0.2) is 5.82 Å². The van der Waals surface area contributed by atoms with Crippen LogP contribution in [0.25, 0.3) is 11.3 Å². The van der Waals surface area contributed by atoms with Crippen LogP contribution in [0.3, 0.4) is 0 Å². The number of nitrogens with zero attached hydrogens (tertiary/aromatic N) is 3. The molecule has 6 bridgehead atoms. The summed E-state index contributed by atoms with van der Waals surface area (Å²) in [6, 6.07) is 9.76. The lowest BCUT2D eigenvalue weighted by molar-refractivity contribution is 0.308. The molecule has 10 heteroatoms. The van der Waals surface area contributed by atoms with E-state index in [0.29, 0.717) is 30.2 Å². The van der Waals surface area contributed by atoms with Crippen LogP contribution in [0.4, 0.5) is 26.1 Å². The maximum atomic E-state index is 14.6. The number of aromatic nitrogens is 2. The first kappa shape index (κ1) is 24.8. The third-order valence-corrected chi connectivity index (χ3v) is 6.97. The van der Waals surface area contributed by atoms with Crippen molar-refractivity contribution in [3.63, 3.8) is 0 Å². The average molecular weight is 506 g/mol. The predicted molar refractivity (Wildman–Crippen MR) is 140 cm³/mol. The molecule has 0 spiro atoms. The summed E-state index contributed by atoms with van der Waals surface area (Å²) in [5.41, 5.74) is 2.17. The van der Waals surface area contributed by atoms with Crippen LogP contribution in [-0.4, -0.2) is 39.6 Å². The SMILES string of the molecule is CC(C)N=S(C)(=O)Cc1cc2cc(c1)OCCCCNc1cc(ccc1F)-c1nc(ncc1F)N2.[HH].[HH]. The van der Waals surface area contributed by atoms with Crippen LogP contribution in [0.5, 0.6) is 5.75 Å². The minimum absolute atomic E-state index is 0. The molecule has 0 aliphatic carbocycles. The zero-order valence-corrected chi connectivity index (χ0v) is 20.8. The van der Waals surface area contributed by atoms with E-state index in [2.05, 4.69) is 25.0 Å². The fourth-order valence-electron chi connectivity index (χ4n) is 3.90. The summed E-state index contributed by atoms with van der Waals surface area (Å²) in [7, 11) is -2.44. The number of halogens is 2. The number of benzene rings is 2. The molecule has 7 nitrogen and oxygen atoms in total. The number of anilines is 3. The Kier molecular flexibility index (Phi) is 7.49. The van der Waals surface area contributed by atoms with Gasteiger partial charge >= 0.3 is 0 Å². The first-order valence-electron chi connectivity index (χ1n) is 11.5. The van der Waals surface area contributed by atoms with Gasteiger partial charge in [-0.3, -0.25) is 0 Å². The molecular formula is C25H33F2N5O2S. The highest BCUT2D eigenvalue weighted by atomic mass is 32.2. The van der Waals surface area contributed by atoms with Crippen molar-refractivity contribution in [2.75, 3.05) is 30.0 Å². The molecule has 1 unspecified atom stereocenters. The Labute approximate surface area is 207 Å². The Bertz CT molecular complexity index is 1350. The van der Waals surface area contributed by atoms with Crippen LogP contribution in [0.2, 0.25) is 0 Å². The molecule has 0 saturated carbocycles. The Morgan fingerprint density at radius 1 is 1.17 bits per heavy atom. The maximum absolute atomic E-state index is 14.6. The van der Waals surface area contributed by atoms with Crippen LogP contribution in [0, 0.1) is 11.6 Å². The number of rotatable bonds is 3. The van der Waals surface area contributed by atoms with Gasteiger partial charge < -0.3 is 15.4 Å². The van der Waals surface area contributed by atoms with Crippen molar-refractivity contribution in [2.24, 2.45) is 4.36 Å². The summed E-state index contributed by atoms with van der Waals surface area (Å²) in [6.45, 7) is 4.78. The van der Waals surface area contributed by atoms with Crippen molar-refractivity contribution >= 4 is 27.1 Å². The van der Waals surface area contributed by atoms with Crippen molar-refractivity contribution in [3.05, 3.63) is 59.8 Å². The molecule has 3 aromatic rings. The summed E-state index contributed by atoms with van der Waals surface area (Å²) in [4.78, 5) is 8.40. The number of fused-ring (bicyclic) bond motifs is 7. The molecule has 1 aliphatic heterocycles. The van der Waals surface area contributed by atoms with Crippen molar-refractivity contribution in [1.82, 2.24) is 9.97 Å². The van der Waals surface area contributed by atoms with Gasteiger partial charge in [0.05, 0.1) is 30.3 Å². The molecule has 2 N–H and O–H groups in total. The fourth-order valence-corrected chi connectivity index (χ4v) is 5.65. The molecule has 0 radical (unpaired) electrons. The van der Waals surface area contributed by atoms with Gasteiger partial charge in [0.25, 0.3) is 0 Å². The zero-order chi connectivity index (χ0) is 25.0. The highest BCUT2D eigenvalue weighted by Crippen LogP contribution is 2.29. The average Bonchev–Trinajstić information content (AvgIpc) is 2.76. The summed E-state index contributed by atoms with van der Waals surface area (Å²) >= 11 is 0. The van der Waals surface area contributed by atoms with E-state index in [9.17, 15) is 13.0 Å². The second-order valence-electron chi connectivity index (χ2n) is 8.86. The minimum atomic E-state index is -2.44. The van der Waals surface area contributed by atoms with E-state index in [0.717, 1.165) is 24.6 Å². The van der Waals surface area contributed by atoms with Gasteiger partial charge in [-0.25, -0.2) is 27.3 Å². The predicted octanol–water partition coefficient (Wildman–Crippen LogP) is 6.25. The second kappa shape index (κ2) is 10.6. The lowest BCUT2D eigenvalue weighted by Crippen LogP contribution is -2.08. The monoisotopic (exact) mass is 505 g/mol. The highest BCUT2D eigenvalue weighted by Gasteiger charge is 2.14. The smallest absolute Gasteiger partial charge is 0.227 e. The van der Waals surface area contributed by atoms with Gasteiger partial charge in [-0.05, 0) is 62.6 Å². The Morgan fingerprint density at radius 2 is 2.00 bits per heavy atom. The van der Waals surface area contributed by atoms with Crippen molar-refractivity contribution in [3.8, 4) is 17.0 Å². The summed E-state index contributed by atoms with van der Waals surface area (Å²) in [6.07, 6.45) is 4.21. The first-order chi connectivity index (χ1) is 16.7. The number of hydrogen-bond donors (Lipinski definition) is 2. The van der Waals surface area contributed by atoms with Gasteiger partial charge in [-0.1, -0.05) is 0 Å². The van der Waals surface area contributed by atoms with Crippen LogP contribution < -0.4 is 15.4 Å². The molecule has 0 fully saturated rings. The normalized spacial score (nSPS) is 15.4. The summed E-state index contributed by atoms with van der Waals surface area (Å²) in [5.74, 6) is -0.0106. The summed E-state index contributed by atoms with van der Waals surface area (Å²) in [5, 5.41) is 6.16. The number of nitrogens with one attached hydrogen (secondary N) is 2. The van der Waals surface area contributed by atoms with E-state index >= 15 is 0 Å². The Hall–Kier alpha value is -3.27. The standard InChI is InChI=1S/C25H29F2N5O2S.2H2/c1-16(2)32-35(3,33)15-17-10-19-13-20(11-17)34-9-5-4-8-28-23-12-18(6-7-21(23)26)24-22(27)14-29-25(30-19)31-24;;/h6-7,10-14,16,28H,4-5,8-9,15H2,1-3H3,(H,29,30,31);2*1H. The van der Waals surface area contributed by atoms with Gasteiger partial charge in [0, 0.05) is 42.7 Å². The lowest BCUT2D eigenvalue weighted by Gasteiger charge is -2.15. The Morgan fingerprint density at radius 3 is 2.80 bits per heavy atom. The minimum Gasteiger partial charge on any atom is -0.494 e. The largest absolute Gasteiger partial charge is 0.494 e. The van der Waals surface area contributed by atoms with Crippen LogP contribution in [-0.2, 0) is 15.5 Å². The molecule has 190 valence electrons.